The van der Waals surface area contributed by atoms with E-state index in [1.54, 1.807) is 12.1 Å². The van der Waals surface area contributed by atoms with E-state index in [0.29, 0.717) is 11.4 Å². The molecule has 0 radical (unpaired) electrons. The van der Waals surface area contributed by atoms with Crippen molar-refractivity contribution in [1.82, 2.24) is 9.97 Å². The fraction of sp³-hybridized carbons (Fsp3) is 0.0667. The average molecular weight is 363 g/mol. The van der Waals surface area contributed by atoms with Gasteiger partial charge in [-0.3, -0.25) is 4.79 Å². The van der Waals surface area contributed by atoms with Gasteiger partial charge in [0.2, 0.25) is 5.88 Å². The molecule has 0 saturated heterocycles. The molecular weight excluding hydrogens is 352 g/mol. The lowest BCUT2D eigenvalue weighted by Gasteiger charge is -2.04. The highest BCUT2D eigenvalue weighted by Gasteiger charge is 2.15. The van der Waals surface area contributed by atoms with Crippen molar-refractivity contribution in [2.24, 2.45) is 0 Å². The third-order valence-corrected chi connectivity index (χ3v) is 5.20. The monoisotopic (exact) mass is 362 g/mol. The van der Waals surface area contributed by atoms with Crippen molar-refractivity contribution in [3.63, 3.8) is 0 Å². The number of nitrogens with zero attached hydrogens (tertiary/aromatic N) is 1. The van der Waals surface area contributed by atoms with Crippen LogP contribution in [0.3, 0.4) is 0 Å². The molecule has 0 aliphatic carbocycles. The Hall–Kier alpha value is -1.92. The average Bonchev–Trinajstić information content (AvgIpc) is 2.79. The van der Waals surface area contributed by atoms with Crippen molar-refractivity contribution in [1.29, 1.82) is 0 Å². The predicted octanol–water partition coefficient (Wildman–Crippen LogP) is 3.94. The third-order valence-electron chi connectivity index (χ3n) is 3.05. The molecular formula is C15H11BrN2O2S. The number of nitrogens with one attached hydrogen (secondary N) is 1. The third kappa shape index (κ3) is 2.64. The van der Waals surface area contributed by atoms with Crippen LogP contribution < -0.4 is 5.56 Å². The number of halogens is 1. The number of thiophene rings is 1. The van der Waals surface area contributed by atoms with Crippen LogP contribution in [0.4, 0.5) is 0 Å². The molecule has 2 heterocycles. The zero-order chi connectivity index (χ0) is 15.0. The van der Waals surface area contributed by atoms with E-state index in [1.165, 1.54) is 11.3 Å². The van der Waals surface area contributed by atoms with Gasteiger partial charge in [0, 0.05) is 9.35 Å². The summed E-state index contributed by atoms with van der Waals surface area (Å²) in [6.45, 7) is 1.97. The molecule has 3 rings (SSSR count). The summed E-state index contributed by atoms with van der Waals surface area (Å²) in [6.07, 6.45) is 0. The van der Waals surface area contributed by atoms with Crippen LogP contribution in [-0.2, 0) is 0 Å². The number of H-pyrrole nitrogens is 1. The molecule has 0 aliphatic rings. The first-order valence-electron chi connectivity index (χ1n) is 6.21. The van der Waals surface area contributed by atoms with Gasteiger partial charge in [-0.15, -0.1) is 11.3 Å². The Morgan fingerprint density at radius 1 is 1.29 bits per heavy atom. The predicted molar refractivity (Wildman–Crippen MR) is 87.7 cm³/mol. The topological polar surface area (TPSA) is 66.0 Å². The molecule has 21 heavy (non-hydrogen) atoms. The Balaban J connectivity index is 2.15. The number of hydrogen-bond donors (Lipinski definition) is 2. The van der Waals surface area contributed by atoms with Crippen LogP contribution >= 0.6 is 27.3 Å². The summed E-state index contributed by atoms with van der Waals surface area (Å²) in [5.41, 5.74) is 0.469. The summed E-state index contributed by atoms with van der Waals surface area (Å²) in [5, 5.41) is 10.1. The highest BCUT2D eigenvalue weighted by molar-refractivity contribution is 9.10. The maximum atomic E-state index is 12.3. The first-order chi connectivity index (χ1) is 10.1. The fourth-order valence-electron chi connectivity index (χ4n) is 2.02. The molecule has 2 N–H and O–H groups in total. The molecule has 4 nitrogen and oxygen atoms in total. The molecule has 1 aromatic carbocycles. The zero-order valence-corrected chi connectivity index (χ0v) is 13.5. The summed E-state index contributed by atoms with van der Waals surface area (Å²) in [7, 11) is 0. The summed E-state index contributed by atoms with van der Waals surface area (Å²) >= 11 is 4.93. The molecule has 0 spiro atoms. The highest BCUT2D eigenvalue weighted by atomic mass is 79.9. The maximum Gasteiger partial charge on any atom is 0.262 e. The summed E-state index contributed by atoms with van der Waals surface area (Å²) in [6, 6.07) is 10.9. The summed E-state index contributed by atoms with van der Waals surface area (Å²) in [5.74, 6) is 0.109. The van der Waals surface area contributed by atoms with Crippen molar-refractivity contribution >= 4 is 27.3 Å². The largest absolute Gasteiger partial charge is 0.493 e. The number of benzene rings is 1. The van der Waals surface area contributed by atoms with E-state index in [1.807, 2.05) is 31.2 Å². The molecule has 0 saturated carbocycles. The van der Waals surface area contributed by atoms with Gasteiger partial charge in [-0.1, -0.05) is 30.3 Å². The normalized spacial score (nSPS) is 10.8. The quantitative estimate of drug-likeness (QED) is 0.725. The van der Waals surface area contributed by atoms with Gasteiger partial charge in [-0.25, -0.2) is 0 Å². The summed E-state index contributed by atoms with van der Waals surface area (Å²) in [4.78, 5) is 21.0. The lowest BCUT2D eigenvalue weighted by molar-refractivity contribution is 0.454. The van der Waals surface area contributed by atoms with Crippen LogP contribution in [0.5, 0.6) is 5.88 Å². The van der Waals surface area contributed by atoms with E-state index in [-0.39, 0.29) is 17.0 Å². The second-order valence-corrected chi connectivity index (χ2v) is 6.60. The van der Waals surface area contributed by atoms with E-state index in [9.17, 15) is 9.90 Å². The number of aryl methyl sites for hydroxylation is 1. The van der Waals surface area contributed by atoms with Crippen LogP contribution in [0.15, 0.2) is 45.7 Å². The van der Waals surface area contributed by atoms with E-state index >= 15 is 0 Å². The number of rotatable bonds is 2. The number of hydrogen-bond acceptors (Lipinski definition) is 4. The van der Waals surface area contributed by atoms with Crippen LogP contribution in [0.1, 0.15) is 4.88 Å². The van der Waals surface area contributed by atoms with Crippen molar-refractivity contribution in [2.75, 3.05) is 0 Å². The van der Waals surface area contributed by atoms with E-state index in [2.05, 4.69) is 25.9 Å². The molecule has 2 aromatic heterocycles. The maximum absolute atomic E-state index is 12.3. The Morgan fingerprint density at radius 2 is 2.00 bits per heavy atom. The first kappa shape index (κ1) is 14.0. The van der Waals surface area contributed by atoms with Crippen molar-refractivity contribution < 1.29 is 5.11 Å². The van der Waals surface area contributed by atoms with Gasteiger partial charge < -0.3 is 10.1 Å². The van der Waals surface area contributed by atoms with E-state index in [4.69, 9.17) is 0 Å². The summed E-state index contributed by atoms with van der Waals surface area (Å²) < 4.78 is 0.955. The first-order valence-corrected chi connectivity index (χ1v) is 7.82. The van der Waals surface area contributed by atoms with Crippen LogP contribution in [0.25, 0.3) is 21.8 Å². The Kier molecular flexibility index (Phi) is 3.65. The van der Waals surface area contributed by atoms with Gasteiger partial charge in [0.1, 0.15) is 5.56 Å². The van der Waals surface area contributed by atoms with Crippen molar-refractivity contribution in [3.8, 4) is 27.7 Å². The standard InChI is InChI=1S/C15H11BrN2O2S/c1-8-10(16)7-11(21-8)13-17-14(19)12(15(20)18-13)9-5-3-2-4-6-9/h2-7H,1H3,(H2,17,18,19,20). The molecule has 0 bridgehead atoms. The second-order valence-electron chi connectivity index (χ2n) is 4.49. The molecule has 0 amide bonds. The smallest absolute Gasteiger partial charge is 0.262 e. The molecule has 0 aliphatic heterocycles. The lowest BCUT2D eigenvalue weighted by Crippen LogP contribution is -2.11. The number of aromatic amines is 1. The van der Waals surface area contributed by atoms with Gasteiger partial charge in [0.25, 0.3) is 5.56 Å². The zero-order valence-electron chi connectivity index (χ0n) is 11.1. The van der Waals surface area contributed by atoms with Crippen molar-refractivity contribution in [3.05, 3.63) is 56.1 Å². The Morgan fingerprint density at radius 3 is 2.57 bits per heavy atom. The van der Waals surface area contributed by atoms with Crippen LogP contribution in [0, 0.1) is 6.92 Å². The van der Waals surface area contributed by atoms with E-state index < -0.39 is 0 Å². The van der Waals surface area contributed by atoms with Crippen LogP contribution in [0.2, 0.25) is 0 Å². The van der Waals surface area contributed by atoms with Gasteiger partial charge in [-0.05, 0) is 34.5 Å². The Labute approximate surface area is 133 Å². The fourth-order valence-corrected chi connectivity index (χ4v) is 3.50. The molecule has 106 valence electrons. The molecule has 6 heteroatoms. The minimum absolute atomic E-state index is 0.187. The number of aromatic hydroxyl groups is 1. The van der Waals surface area contributed by atoms with Crippen LogP contribution in [-0.4, -0.2) is 15.1 Å². The molecule has 0 unspecified atom stereocenters. The molecule has 0 fully saturated rings. The lowest BCUT2D eigenvalue weighted by atomic mass is 10.1. The Bertz CT molecular complexity index is 836. The van der Waals surface area contributed by atoms with Gasteiger partial charge in [0.15, 0.2) is 5.82 Å². The minimum atomic E-state index is -0.356. The number of aromatic nitrogens is 2. The highest BCUT2D eigenvalue weighted by Crippen LogP contribution is 2.33. The molecule has 3 aromatic rings. The van der Waals surface area contributed by atoms with E-state index in [0.717, 1.165) is 14.2 Å². The minimum Gasteiger partial charge on any atom is -0.493 e. The molecule has 0 atom stereocenters. The second kappa shape index (κ2) is 5.46. The van der Waals surface area contributed by atoms with Gasteiger partial charge >= 0.3 is 0 Å². The van der Waals surface area contributed by atoms with Crippen molar-refractivity contribution in [2.45, 2.75) is 6.92 Å². The van der Waals surface area contributed by atoms with Gasteiger partial charge in [0.05, 0.1) is 4.88 Å². The SMILES string of the molecule is Cc1sc(-c2nc(O)c(-c3ccccc3)c(=O)[nH]2)cc1Br. The van der Waals surface area contributed by atoms with Gasteiger partial charge in [-0.2, -0.15) is 4.98 Å².